The molecule has 0 amide bonds. The Labute approximate surface area is 115 Å². The lowest BCUT2D eigenvalue weighted by Gasteiger charge is -2.03. The molecule has 0 saturated heterocycles. The van der Waals surface area contributed by atoms with Crippen LogP contribution in [0.3, 0.4) is 0 Å². The highest BCUT2D eigenvalue weighted by molar-refractivity contribution is 6.31. The van der Waals surface area contributed by atoms with Gasteiger partial charge in [-0.1, -0.05) is 41.9 Å². The van der Waals surface area contributed by atoms with Crippen LogP contribution >= 0.6 is 11.6 Å². The van der Waals surface area contributed by atoms with E-state index in [0.29, 0.717) is 22.6 Å². The molecular formula is C16H11ClO2. The van der Waals surface area contributed by atoms with Crippen molar-refractivity contribution in [2.45, 2.75) is 6.42 Å². The van der Waals surface area contributed by atoms with Gasteiger partial charge in [0, 0.05) is 22.4 Å². The van der Waals surface area contributed by atoms with Crippen LogP contribution in [0.4, 0.5) is 0 Å². The van der Waals surface area contributed by atoms with Gasteiger partial charge in [0.05, 0.1) is 0 Å². The normalized spacial score (nSPS) is 10.8. The first-order chi connectivity index (χ1) is 9.22. The van der Waals surface area contributed by atoms with Crippen molar-refractivity contribution in [3.63, 3.8) is 0 Å². The lowest BCUT2D eigenvalue weighted by atomic mass is 10.1. The fraction of sp³-hybridized carbons (Fsp3) is 0.0625. The van der Waals surface area contributed by atoms with Gasteiger partial charge in [-0.05, 0) is 29.8 Å². The van der Waals surface area contributed by atoms with E-state index in [9.17, 15) is 4.79 Å². The average Bonchev–Trinajstić information content (AvgIpc) is 2.41. The van der Waals surface area contributed by atoms with Gasteiger partial charge < -0.3 is 4.42 Å². The van der Waals surface area contributed by atoms with Gasteiger partial charge in [-0.15, -0.1) is 0 Å². The van der Waals surface area contributed by atoms with Crippen LogP contribution in [-0.4, -0.2) is 0 Å². The van der Waals surface area contributed by atoms with Gasteiger partial charge >= 0.3 is 5.63 Å². The van der Waals surface area contributed by atoms with Gasteiger partial charge in [-0.3, -0.25) is 0 Å². The molecule has 2 nitrogen and oxygen atoms in total. The van der Waals surface area contributed by atoms with Crippen molar-refractivity contribution in [3.05, 3.63) is 81.2 Å². The zero-order valence-corrected chi connectivity index (χ0v) is 10.9. The fourth-order valence-corrected chi connectivity index (χ4v) is 2.26. The van der Waals surface area contributed by atoms with Crippen molar-refractivity contribution in [1.82, 2.24) is 0 Å². The SMILES string of the molecule is O=c1oc2ccc(Cl)cc2cc1Cc1ccccc1. The summed E-state index contributed by atoms with van der Waals surface area (Å²) in [7, 11) is 0. The molecule has 0 saturated carbocycles. The Hall–Kier alpha value is -2.06. The number of rotatable bonds is 2. The third-order valence-corrected chi connectivity index (χ3v) is 3.24. The summed E-state index contributed by atoms with van der Waals surface area (Å²) >= 11 is 5.95. The first-order valence-corrected chi connectivity index (χ1v) is 6.36. The molecule has 3 heteroatoms. The molecule has 19 heavy (non-hydrogen) atoms. The molecule has 2 aromatic carbocycles. The predicted octanol–water partition coefficient (Wildman–Crippen LogP) is 4.04. The summed E-state index contributed by atoms with van der Waals surface area (Å²) in [6.45, 7) is 0. The third kappa shape index (κ3) is 2.54. The van der Waals surface area contributed by atoms with Gasteiger partial charge in [0.1, 0.15) is 5.58 Å². The van der Waals surface area contributed by atoms with Crippen LogP contribution in [0, 0.1) is 0 Å². The minimum absolute atomic E-state index is 0.293. The number of halogens is 1. The summed E-state index contributed by atoms with van der Waals surface area (Å²) in [5.41, 5.74) is 1.99. The fourth-order valence-electron chi connectivity index (χ4n) is 2.08. The van der Waals surface area contributed by atoms with E-state index in [2.05, 4.69) is 0 Å². The molecule has 1 aromatic heterocycles. The summed E-state index contributed by atoms with van der Waals surface area (Å²) in [5, 5.41) is 1.48. The average molecular weight is 271 g/mol. The maximum atomic E-state index is 11.9. The highest BCUT2D eigenvalue weighted by Crippen LogP contribution is 2.19. The van der Waals surface area contributed by atoms with E-state index in [1.807, 2.05) is 36.4 Å². The van der Waals surface area contributed by atoms with Crippen LogP contribution in [0.1, 0.15) is 11.1 Å². The van der Waals surface area contributed by atoms with Crippen LogP contribution in [-0.2, 0) is 6.42 Å². The van der Waals surface area contributed by atoms with E-state index in [1.54, 1.807) is 18.2 Å². The summed E-state index contributed by atoms with van der Waals surface area (Å²) in [6.07, 6.45) is 0.561. The van der Waals surface area contributed by atoms with Crippen molar-refractivity contribution in [2.75, 3.05) is 0 Å². The van der Waals surface area contributed by atoms with Crippen molar-refractivity contribution in [1.29, 1.82) is 0 Å². The topological polar surface area (TPSA) is 30.2 Å². The van der Waals surface area contributed by atoms with E-state index < -0.39 is 0 Å². The monoisotopic (exact) mass is 270 g/mol. The second kappa shape index (κ2) is 4.90. The standard InChI is InChI=1S/C16H11ClO2/c17-14-6-7-15-12(10-14)9-13(16(18)19-15)8-11-4-2-1-3-5-11/h1-7,9-10H,8H2. The maximum absolute atomic E-state index is 11.9. The Bertz CT molecular complexity index is 776. The van der Waals surface area contributed by atoms with Crippen LogP contribution in [0.2, 0.25) is 5.02 Å². The predicted molar refractivity (Wildman–Crippen MR) is 76.7 cm³/mol. The number of hydrogen-bond acceptors (Lipinski definition) is 2. The van der Waals surface area contributed by atoms with Crippen molar-refractivity contribution < 1.29 is 4.42 Å². The Kier molecular flexibility index (Phi) is 3.10. The highest BCUT2D eigenvalue weighted by atomic mass is 35.5. The van der Waals surface area contributed by atoms with Gasteiger partial charge in [0.15, 0.2) is 0 Å². The second-order valence-corrected chi connectivity index (χ2v) is 4.84. The first kappa shape index (κ1) is 12.0. The molecule has 0 spiro atoms. The molecule has 0 aliphatic heterocycles. The Morgan fingerprint density at radius 3 is 2.58 bits per heavy atom. The van der Waals surface area contributed by atoms with E-state index >= 15 is 0 Å². The molecule has 0 radical (unpaired) electrons. The molecule has 3 rings (SSSR count). The van der Waals surface area contributed by atoms with Gasteiger partial charge in [-0.25, -0.2) is 4.79 Å². The van der Waals surface area contributed by atoms with Crippen LogP contribution in [0.5, 0.6) is 0 Å². The Morgan fingerprint density at radius 1 is 1.00 bits per heavy atom. The second-order valence-electron chi connectivity index (χ2n) is 4.40. The van der Waals surface area contributed by atoms with E-state index in [0.717, 1.165) is 10.9 Å². The number of benzene rings is 2. The van der Waals surface area contributed by atoms with Gasteiger partial charge in [0.25, 0.3) is 0 Å². The molecule has 94 valence electrons. The smallest absolute Gasteiger partial charge is 0.339 e. The highest BCUT2D eigenvalue weighted by Gasteiger charge is 2.06. The zero-order chi connectivity index (χ0) is 13.2. The quantitative estimate of drug-likeness (QED) is 0.658. The summed E-state index contributed by atoms with van der Waals surface area (Å²) in [4.78, 5) is 11.9. The van der Waals surface area contributed by atoms with Crippen LogP contribution in [0.25, 0.3) is 11.0 Å². The molecule has 0 bridgehead atoms. The molecule has 0 aliphatic carbocycles. The number of hydrogen-bond donors (Lipinski definition) is 0. The molecule has 0 fully saturated rings. The molecule has 0 atom stereocenters. The minimum Gasteiger partial charge on any atom is -0.423 e. The Morgan fingerprint density at radius 2 is 1.79 bits per heavy atom. The molecule has 0 N–H and O–H groups in total. The lowest BCUT2D eigenvalue weighted by molar-refractivity contribution is 0.552. The van der Waals surface area contributed by atoms with Crippen molar-refractivity contribution >= 4 is 22.6 Å². The first-order valence-electron chi connectivity index (χ1n) is 5.98. The third-order valence-electron chi connectivity index (χ3n) is 3.00. The largest absolute Gasteiger partial charge is 0.423 e. The summed E-state index contributed by atoms with van der Waals surface area (Å²) in [6, 6.07) is 16.9. The minimum atomic E-state index is -0.293. The van der Waals surface area contributed by atoms with Crippen LogP contribution in [0.15, 0.2) is 63.8 Å². The van der Waals surface area contributed by atoms with Gasteiger partial charge in [-0.2, -0.15) is 0 Å². The Balaban J connectivity index is 2.08. The molecular weight excluding hydrogens is 260 g/mol. The van der Waals surface area contributed by atoms with Crippen molar-refractivity contribution in [3.8, 4) is 0 Å². The van der Waals surface area contributed by atoms with Crippen molar-refractivity contribution in [2.24, 2.45) is 0 Å². The van der Waals surface area contributed by atoms with Crippen LogP contribution < -0.4 is 5.63 Å². The zero-order valence-electron chi connectivity index (χ0n) is 10.1. The van der Waals surface area contributed by atoms with E-state index in [1.165, 1.54) is 0 Å². The number of fused-ring (bicyclic) bond motifs is 1. The molecule has 0 aliphatic rings. The van der Waals surface area contributed by atoms with E-state index in [4.69, 9.17) is 16.0 Å². The van der Waals surface area contributed by atoms with Gasteiger partial charge in [0.2, 0.25) is 0 Å². The molecule has 3 aromatic rings. The molecule has 0 unspecified atom stereocenters. The molecule has 1 heterocycles. The summed E-state index contributed by atoms with van der Waals surface area (Å²) < 4.78 is 5.31. The maximum Gasteiger partial charge on any atom is 0.339 e. The lowest BCUT2D eigenvalue weighted by Crippen LogP contribution is -2.07. The van der Waals surface area contributed by atoms with E-state index in [-0.39, 0.29) is 5.63 Å². The summed E-state index contributed by atoms with van der Waals surface area (Å²) in [5.74, 6) is 0.